The van der Waals surface area contributed by atoms with E-state index < -0.39 is 22.0 Å². The molecular weight excluding hydrogens is 470 g/mol. The van der Waals surface area contributed by atoms with E-state index in [0.29, 0.717) is 55.8 Å². The molecule has 0 unspecified atom stereocenters. The normalized spacial score (nSPS) is 16.6. The van der Waals surface area contributed by atoms with Crippen LogP contribution in [0.15, 0.2) is 33.7 Å². The van der Waals surface area contributed by atoms with Crippen molar-refractivity contribution >= 4 is 32.7 Å². The van der Waals surface area contributed by atoms with Crippen molar-refractivity contribution in [2.75, 3.05) is 31.5 Å². The molecule has 12 heteroatoms. The summed E-state index contributed by atoms with van der Waals surface area (Å²) in [7, 11) is -3.68. The smallest absolute Gasteiger partial charge is 0.248 e. The molecule has 188 valence electrons. The van der Waals surface area contributed by atoms with E-state index >= 15 is 0 Å². The number of para-hydroxylation sites is 1. The van der Waals surface area contributed by atoms with Gasteiger partial charge in [-0.1, -0.05) is 31.1 Å². The number of aryl methyl sites for hydroxylation is 2. The summed E-state index contributed by atoms with van der Waals surface area (Å²) < 4.78 is 32.7. The van der Waals surface area contributed by atoms with Crippen LogP contribution in [0, 0.1) is 19.8 Å². The average molecular weight is 502 g/mol. The number of piperazine rings is 1. The predicted octanol–water partition coefficient (Wildman–Crippen LogP) is 1.66. The number of sulfonamides is 1. The molecule has 1 amide bonds. The summed E-state index contributed by atoms with van der Waals surface area (Å²) in [5.74, 6) is 0.977. The van der Waals surface area contributed by atoms with Crippen molar-refractivity contribution < 1.29 is 17.7 Å². The van der Waals surface area contributed by atoms with Crippen LogP contribution in [0.1, 0.15) is 31.1 Å². The minimum absolute atomic E-state index is 0.0163. The van der Waals surface area contributed by atoms with Crippen molar-refractivity contribution in [3.8, 4) is 0 Å². The summed E-state index contributed by atoms with van der Waals surface area (Å²) in [6.45, 7) is 9.24. The fourth-order valence-electron chi connectivity index (χ4n) is 4.32. The molecule has 1 atom stereocenters. The molecule has 1 saturated heterocycles. The van der Waals surface area contributed by atoms with Crippen molar-refractivity contribution in [1.29, 1.82) is 0 Å². The molecule has 1 aromatic carbocycles. The molecule has 0 saturated carbocycles. The minimum atomic E-state index is -3.68. The highest BCUT2D eigenvalue weighted by molar-refractivity contribution is 7.89. The summed E-state index contributed by atoms with van der Waals surface area (Å²) in [5, 5.41) is 7.79. The van der Waals surface area contributed by atoms with Gasteiger partial charge in [0.1, 0.15) is 28.3 Å². The molecule has 0 aliphatic carbocycles. The second-order valence-electron chi connectivity index (χ2n) is 9.11. The number of hydrogen-bond acceptors (Lipinski definition) is 9. The number of hydrogen-bond donors (Lipinski definition) is 2. The summed E-state index contributed by atoms with van der Waals surface area (Å²) in [6.07, 6.45) is 0. The molecule has 3 N–H and O–H groups in total. The van der Waals surface area contributed by atoms with E-state index in [9.17, 15) is 13.2 Å². The molecule has 1 aliphatic heterocycles. The van der Waals surface area contributed by atoms with Gasteiger partial charge < -0.3 is 15.6 Å². The number of carbonyl (C=O) groups is 1. The Hall–Kier alpha value is -3.09. The van der Waals surface area contributed by atoms with Gasteiger partial charge in [-0.3, -0.25) is 9.69 Å². The van der Waals surface area contributed by atoms with Crippen LogP contribution >= 0.6 is 0 Å². The highest BCUT2D eigenvalue weighted by Gasteiger charge is 2.33. The van der Waals surface area contributed by atoms with Crippen LogP contribution < -0.4 is 11.1 Å². The second-order valence-corrected chi connectivity index (χ2v) is 11.0. The number of nitrogens with one attached hydrogen (secondary N) is 1. The zero-order chi connectivity index (χ0) is 25.3. The first-order valence-electron chi connectivity index (χ1n) is 11.5. The van der Waals surface area contributed by atoms with Crippen LogP contribution in [0.4, 0.5) is 5.82 Å². The third-order valence-electron chi connectivity index (χ3n) is 6.18. The Bertz CT molecular complexity index is 1310. The number of aromatic nitrogens is 3. The maximum Gasteiger partial charge on any atom is 0.248 e. The molecule has 3 aromatic rings. The van der Waals surface area contributed by atoms with Gasteiger partial charge in [-0.05, 0) is 31.9 Å². The van der Waals surface area contributed by atoms with Gasteiger partial charge in [-0.2, -0.15) is 4.31 Å². The fraction of sp³-hybridized carbons (Fsp3) is 0.478. The Morgan fingerprint density at radius 1 is 1.14 bits per heavy atom. The zero-order valence-electron chi connectivity index (χ0n) is 20.4. The van der Waals surface area contributed by atoms with Crippen molar-refractivity contribution in [2.45, 2.75) is 45.2 Å². The molecule has 11 nitrogen and oxygen atoms in total. The first kappa shape index (κ1) is 25.0. The van der Waals surface area contributed by atoms with E-state index in [4.69, 9.17) is 20.2 Å². The molecule has 35 heavy (non-hydrogen) atoms. The topological polar surface area (TPSA) is 148 Å². The van der Waals surface area contributed by atoms with E-state index in [1.165, 1.54) is 4.31 Å². The molecule has 1 aliphatic rings. The number of amides is 1. The molecule has 2 aromatic heterocycles. The largest absolute Gasteiger partial charge is 0.368 e. The standard InChI is InChI=1S/C23H31N7O4S/c1-14(2)20(22(24)31)27-23-17-7-5-6-8-18(17)25-19(26-23)13-29-9-11-30(12-10-29)35(32,33)21-15(3)28-34-16(21)4/h5-8,14,20H,9-13H2,1-4H3,(H2,24,31)(H,25,26,27)/t20-/m0/s1. The molecule has 4 rings (SSSR count). The van der Waals surface area contributed by atoms with Gasteiger partial charge in [0, 0.05) is 31.6 Å². The molecule has 1 fully saturated rings. The molecule has 0 radical (unpaired) electrons. The minimum Gasteiger partial charge on any atom is -0.368 e. The summed E-state index contributed by atoms with van der Waals surface area (Å²) >= 11 is 0. The number of primary amides is 1. The lowest BCUT2D eigenvalue weighted by Crippen LogP contribution is -2.48. The third kappa shape index (κ3) is 5.14. The van der Waals surface area contributed by atoms with Crippen LogP contribution in [-0.2, 0) is 21.4 Å². The first-order chi connectivity index (χ1) is 16.6. The van der Waals surface area contributed by atoms with E-state index in [2.05, 4.69) is 15.4 Å². The Kier molecular flexibility index (Phi) is 7.06. The quantitative estimate of drug-likeness (QED) is 0.470. The predicted molar refractivity (Wildman–Crippen MR) is 131 cm³/mol. The number of fused-ring (bicyclic) bond motifs is 1. The van der Waals surface area contributed by atoms with Crippen LogP contribution in [-0.4, -0.2) is 70.9 Å². The van der Waals surface area contributed by atoms with E-state index in [-0.39, 0.29) is 10.8 Å². The number of rotatable bonds is 8. The number of nitrogens with zero attached hydrogens (tertiary/aromatic N) is 5. The van der Waals surface area contributed by atoms with Gasteiger partial charge >= 0.3 is 0 Å². The lowest BCUT2D eigenvalue weighted by atomic mass is 10.0. The van der Waals surface area contributed by atoms with E-state index in [1.807, 2.05) is 38.1 Å². The monoisotopic (exact) mass is 501 g/mol. The van der Waals surface area contributed by atoms with Gasteiger partial charge in [0.2, 0.25) is 15.9 Å². The van der Waals surface area contributed by atoms with Crippen LogP contribution in [0.2, 0.25) is 0 Å². The lowest BCUT2D eigenvalue weighted by molar-refractivity contribution is -0.119. The summed E-state index contributed by atoms with van der Waals surface area (Å²) in [5.41, 5.74) is 6.72. The molecule has 3 heterocycles. The van der Waals surface area contributed by atoms with Gasteiger partial charge in [0.15, 0.2) is 5.76 Å². The molecule has 0 spiro atoms. The third-order valence-corrected chi connectivity index (χ3v) is 8.32. The van der Waals surface area contributed by atoms with Crippen molar-refractivity contribution in [2.24, 2.45) is 11.7 Å². The maximum atomic E-state index is 13.1. The highest BCUT2D eigenvalue weighted by atomic mass is 32.2. The Morgan fingerprint density at radius 2 is 1.83 bits per heavy atom. The first-order valence-corrected chi connectivity index (χ1v) is 13.0. The lowest BCUT2D eigenvalue weighted by Gasteiger charge is -2.33. The summed E-state index contributed by atoms with van der Waals surface area (Å²) in [4.78, 5) is 23.6. The van der Waals surface area contributed by atoms with E-state index in [1.54, 1.807) is 13.8 Å². The van der Waals surface area contributed by atoms with Crippen molar-refractivity contribution in [3.05, 3.63) is 41.5 Å². The van der Waals surface area contributed by atoms with Gasteiger partial charge in [0.25, 0.3) is 0 Å². The maximum absolute atomic E-state index is 13.1. The van der Waals surface area contributed by atoms with Gasteiger partial charge in [-0.15, -0.1) is 0 Å². The Labute approximate surface area is 204 Å². The average Bonchev–Trinajstić information content (AvgIpc) is 3.15. The molecule has 0 bridgehead atoms. The fourth-order valence-corrected chi connectivity index (χ4v) is 6.03. The van der Waals surface area contributed by atoms with Crippen molar-refractivity contribution in [1.82, 2.24) is 24.3 Å². The number of benzene rings is 1. The Balaban J connectivity index is 1.51. The number of nitrogens with two attached hydrogens (primary N) is 1. The second kappa shape index (κ2) is 9.88. The van der Waals surface area contributed by atoms with Crippen LogP contribution in [0.25, 0.3) is 10.9 Å². The summed E-state index contributed by atoms with van der Waals surface area (Å²) in [6, 6.07) is 7.02. The SMILES string of the molecule is Cc1noc(C)c1S(=O)(=O)N1CCN(Cc2nc(N[C@H](C(N)=O)C(C)C)c3ccccc3n2)CC1. The number of carbonyl (C=O) groups excluding carboxylic acids is 1. The van der Waals surface area contributed by atoms with Crippen molar-refractivity contribution in [3.63, 3.8) is 0 Å². The zero-order valence-corrected chi connectivity index (χ0v) is 21.2. The molecular formula is C23H31N7O4S. The van der Waals surface area contributed by atoms with Crippen LogP contribution in [0.3, 0.4) is 0 Å². The van der Waals surface area contributed by atoms with Crippen LogP contribution in [0.5, 0.6) is 0 Å². The van der Waals surface area contributed by atoms with Gasteiger partial charge in [0.05, 0.1) is 12.1 Å². The number of anilines is 1. The Morgan fingerprint density at radius 3 is 2.43 bits per heavy atom. The highest BCUT2D eigenvalue weighted by Crippen LogP contribution is 2.25. The van der Waals surface area contributed by atoms with Gasteiger partial charge in [-0.25, -0.2) is 18.4 Å². The van der Waals surface area contributed by atoms with E-state index in [0.717, 1.165) is 10.9 Å².